The summed E-state index contributed by atoms with van der Waals surface area (Å²) in [5.74, 6) is -0.538. The molecule has 0 saturated heterocycles. The molecule has 0 fully saturated rings. The second kappa shape index (κ2) is 8.66. The molecule has 2 aromatic rings. The summed E-state index contributed by atoms with van der Waals surface area (Å²) in [6.45, 7) is 2.09. The zero-order valence-corrected chi connectivity index (χ0v) is 16.8. The fourth-order valence-electron chi connectivity index (χ4n) is 2.39. The molecular formula is C19H22F2N2O4S. The third-order valence-electron chi connectivity index (χ3n) is 4.27. The summed E-state index contributed by atoms with van der Waals surface area (Å²) in [5.41, 5.74) is 0.902. The van der Waals surface area contributed by atoms with E-state index in [1.54, 1.807) is 26.8 Å². The molecule has 2 rings (SSSR count). The van der Waals surface area contributed by atoms with Crippen LogP contribution < -0.4 is 10.1 Å². The van der Waals surface area contributed by atoms with Crippen molar-refractivity contribution in [2.75, 3.05) is 12.4 Å². The second-order valence-electron chi connectivity index (χ2n) is 6.40. The monoisotopic (exact) mass is 412 g/mol. The summed E-state index contributed by atoms with van der Waals surface area (Å²) < 4.78 is 55.5. The molecule has 1 amide bonds. The first kappa shape index (κ1) is 21.8. The van der Waals surface area contributed by atoms with Crippen LogP contribution >= 0.6 is 0 Å². The minimum absolute atomic E-state index is 0.0361. The highest BCUT2D eigenvalue weighted by Crippen LogP contribution is 2.27. The van der Waals surface area contributed by atoms with E-state index in [4.69, 9.17) is 0 Å². The summed E-state index contributed by atoms with van der Waals surface area (Å²) in [5, 5.41) is 2.62. The van der Waals surface area contributed by atoms with Gasteiger partial charge >= 0.3 is 6.61 Å². The Morgan fingerprint density at radius 3 is 2.25 bits per heavy atom. The highest BCUT2D eigenvalue weighted by molar-refractivity contribution is 7.89. The Morgan fingerprint density at radius 2 is 1.71 bits per heavy atom. The summed E-state index contributed by atoms with van der Waals surface area (Å²) in [6.07, 6.45) is 0. The van der Waals surface area contributed by atoms with Gasteiger partial charge in [0.15, 0.2) is 0 Å². The lowest BCUT2D eigenvalue weighted by Gasteiger charge is -2.21. The van der Waals surface area contributed by atoms with Gasteiger partial charge in [0.2, 0.25) is 10.0 Å². The highest BCUT2D eigenvalue weighted by atomic mass is 32.2. The second-order valence-corrected chi connectivity index (χ2v) is 8.40. The molecule has 2 aromatic carbocycles. The molecule has 0 bridgehead atoms. The summed E-state index contributed by atoms with van der Waals surface area (Å²) in [7, 11) is -2.17. The van der Waals surface area contributed by atoms with E-state index < -0.39 is 22.5 Å². The number of halogens is 2. The number of benzene rings is 2. The standard InChI is InChI=1S/C19H22F2N2O4S/c1-12(2)23(4)28(25,26)15-10-8-14(9-11-15)18(24)22-16-6-5-7-17(13(16)3)27-19(20)21/h5-12,19H,1-4H3,(H,22,24). The molecule has 0 aromatic heterocycles. The van der Waals surface area contributed by atoms with Crippen molar-refractivity contribution in [1.82, 2.24) is 4.31 Å². The van der Waals surface area contributed by atoms with Gasteiger partial charge in [0.25, 0.3) is 5.91 Å². The molecule has 0 aliphatic heterocycles. The maximum Gasteiger partial charge on any atom is 0.387 e. The third-order valence-corrected chi connectivity index (χ3v) is 6.32. The topological polar surface area (TPSA) is 75.7 Å². The lowest BCUT2D eigenvalue weighted by Crippen LogP contribution is -2.33. The lowest BCUT2D eigenvalue weighted by molar-refractivity contribution is -0.0502. The van der Waals surface area contributed by atoms with Crippen LogP contribution in [-0.4, -0.2) is 38.3 Å². The van der Waals surface area contributed by atoms with Gasteiger partial charge in [0.1, 0.15) is 5.75 Å². The molecule has 1 N–H and O–H groups in total. The smallest absolute Gasteiger partial charge is 0.387 e. The lowest BCUT2D eigenvalue weighted by atomic mass is 10.1. The van der Waals surface area contributed by atoms with Crippen LogP contribution in [-0.2, 0) is 10.0 Å². The Labute approximate surface area is 163 Å². The Hall–Kier alpha value is -2.52. The van der Waals surface area contributed by atoms with Crippen molar-refractivity contribution < 1.29 is 26.7 Å². The van der Waals surface area contributed by atoms with E-state index >= 15 is 0 Å². The molecule has 0 saturated carbocycles. The number of rotatable bonds is 7. The summed E-state index contributed by atoms with van der Waals surface area (Å²) >= 11 is 0. The minimum Gasteiger partial charge on any atom is -0.434 e. The maximum atomic E-state index is 12.5. The number of sulfonamides is 1. The number of anilines is 1. The molecule has 0 spiro atoms. The van der Waals surface area contributed by atoms with Crippen molar-refractivity contribution in [3.05, 3.63) is 53.6 Å². The van der Waals surface area contributed by atoms with Gasteiger partial charge < -0.3 is 10.1 Å². The molecule has 0 unspecified atom stereocenters. The van der Waals surface area contributed by atoms with Crippen molar-refractivity contribution in [2.24, 2.45) is 0 Å². The normalized spacial score (nSPS) is 11.9. The zero-order chi connectivity index (χ0) is 21.1. The number of carbonyl (C=O) groups is 1. The van der Waals surface area contributed by atoms with E-state index in [0.717, 1.165) is 0 Å². The Bertz CT molecular complexity index is 945. The van der Waals surface area contributed by atoms with E-state index in [0.29, 0.717) is 11.3 Å². The van der Waals surface area contributed by atoms with Gasteiger partial charge in [0, 0.05) is 29.9 Å². The molecule has 0 radical (unpaired) electrons. The van der Waals surface area contributed by atoms with Crippen LogP contribution in [0.25, 0.3) is 0 Å². The van der Waals surface area contributed by atoms with Gasteiger partial charge in [-0.2, -0.15) is 13.1 Å². The Kier molecular flexibility index (Phi) is 6.73. The predicted octanol–water partition coefficient (Wildman–Crippen LogP) is 3.88. The highest BCUT2D eigenvalue weighted by Gasteiger charge is 2.23. The van der Waals surface area contributed by atoms with Crippen molar-refractivity contribution in [3.63, 3.8) is 0 Å². The first-order valence-electron chi connectivity index (χ1n) is 8.48. The molecular weight excluding hydrogens is 390 g/mol. The van der Waals surface area contributed by atoms with E-state index in [-0.39, 0.29) is 22.3 Å². The number of ether oxygens (including phenoxy) is 1. The van der Waals surface area contributed by atoms with Crippen LogP contribution in [0.1, 0.15) is 29.8 Å². The van der Waals surface area contributed by atoms with Gasteiger partial charge in [-0.3, -0.25) is 4.79 Å². The molecule has 0 atom stereocenters. The number of carbonyl (C=O) groups excluding carboxylic acids is 1. The van der Waals surface area contributed by atoms with Crippen molar-refractivity contribution in [3.8, 4) is 5.75 Å². The number of hydrogen-bond acceptors (Lipinski definition) is 4. The number of nitrogens with zero attached hydrogens (tertiary/aromatic N) is 1. The zero-order valence-electron chi connectivity index (χ0n) is 15.9. The Balaban J connectivity index is 2.21. The molecule has 28 heavy (non-hydrogen) atoms. The minimum atomic E-state index is -3.65. The van der Waals surface area contributed by atoms with Crippen LogP contribution in [0.3, 0.4) is 0 Å². The van der Waals surface area contributed by atoms with Crippen LogP contribution in [0.2, 0.25) is 0 Å². The SMILES string of the molecule is Cc1c(NC(=O)c2ccc(S(=O)(=O)N(C)C(C)C)cc2)cccc1OC(F)F. The molecule has 152 valence electrons. The van der Waals surface area contributed by atoms with Gasteiger partial charge in [-0.25, -0.2) is 8.42 Å². The third kappa shape index (κ3) is 4.85. The van der Waals surface area contributed by atoms with E-state index in [9.17, 15) is 22.0 Å². The first-order chi connectivity index (χ1) is 13.0. The average Bonchev–Trinajstić information content (AvgIpc) is 2.63. The van der Waals surface area contributed by atoms with Crippen LogP contribution in [0.5, 0.6) is 5.75 Å². The fraction of sp³-hybridized carbons (Fsp3) is 0.316. The number of amides is 1. The quantitative estimate of drug-likeness (QED) is 0.749. The van der Waals surface area contributed by atoms with Gasteiger partial charge in [-0.15, -0.1) is 0 Å². The molecule has 6 nitrogen and oxygen atoms in total. The van der Waals surface area contributed by atoms with Crippen LogP contribution in [0, 0.1) is 6.92 Å². The van der Waals surface area contributed by atoms with E-state index in [1.807, 2.05) is 0 Å². The van der Waals surface area contributed by atoms with Crippen molar-refractivity contribution in [2.45, 2.75) is 38.3 Å². The van der Waals surface area contributed by atoms with Crippen molar-refractivity contribution >= 4 is 21.6 Å². The van der Waals surface area contributed by atoms with Gasteiger partial charge in [-0.05, 0) is 57.2 Å². The molecule has 9 heteroatoms. The average molecular weight is 412 g/mol. The van der Waals surface area contributed by atoms with E-state index in [1.165, 1.54) is 47.8 Å². The number of nitrogens with one attached hydrogen (secondary N) is 1. The molecule has 0 aliphatic rings. The predicted molar refractivity (Wildman–Crippen MR) is 102 cm³/mol. The van der Waals surface area contributed by atoms with Gasteiger partial charge in [-0.1, -0.05) is 6.07 Å². The maximum absolute atomic E-state index is 12.5. The van der Waals surface area contributed by atoms with E-state index in [2.05, 4.69) is 10.1 Å². The summed E-state index contributed by atoms with van der Waals surface area (Å²) in [4.78, 5) is 12.5. The molecule has 0 heterocycles. The number of hydrogen-bond donors (Lipinski definition) is 1. The van der Waals surface area contributed by atoms with Crippen molar-refractivity contribution in [1.29, 1.82) is 0 Å². The van der Waals surface area contributed by atoms with Gasteiger partial charge in [0.05, 0.1) is 4.90 Å². The number of alkyl halides is 2. The summed E-state index contributed by atoms with van der Waals surface area (Å²) in [6, 6.07) is 9.70. The largest absolute Gasteiger partial charge is 0.434 e. The van der Waals surface area contributed by atoms with Crippen LogP contribution in [0.4, 0.5) is 14.5 Å². The fourth-order valence-corrected chi connectivity index (χ4v) is 3.76. The van der Waals surface area contributed by atoms with Crippen LogP contribution in [0.15, 0.2) is 47.4 Å². The Morgan fingerprint density at radius 1 is 1.11 bits per heavy atom. The first-order valence-corrected chi connectivity index (χ1v) is 9.92. The molecule has 0 aliphatic carbocycles.